The Morgan fingerprint density at radius 2 is 1.97 bits per heavy atom. The van der Waals surface area contributed by atoms with Gasteiger partial charge < -0.3 is 9.84 Å². The molecule has 3 aromatic rings. The average Bonchev–Trinajstić information content (AvgIpc) is 3.29. The molecule has 0 radical (unpaired) electrons. The number of aryl methyl sites for hydroxylation is 2. The van der Waals surface area contributed by atoms with Crippen molar-refractivity contribution in [3.05, 3.63) is 63.8 Å². The van der Waals surface area contributed by atoms with E-state index in [1.165, 1.54) is 6.07 Å². The molecule has 4 rings (SSSR count). The largest absolute Gasteiger partial charge is 0.416 e. The zero-order valence-corrected chi connectivity index (χ0v) is 20.0. The lowest BCUT2D eigenvalue weighted by molar-refractivity contribution is -0.137. The predicted octanol–water partition coefficient (Wildman–Crippen LogP) is 5.96. The smallest absolute Gasteiger partial charge is 0.360 e. The van der Waals surface area contributed by atoms with Crippen LogP contribution in [0.2, 0.25) is 0 Å². The van der Waals surface area contributed by atoms with Gasteiger partial charge in [-0.3, -0.25) is 9.48 Å². The number of nitrogens with one attached hydrogen (secondary N) is 1. The van der Waals surface area contributed by atoms with E-state index in [1.54, 1.807) is 24.6 Å². The van der Waals surface area contributed by atoms with E-state index >= 15 is 0 Å². The molecular formula is C25H29F3N4O2. The van der Waals surface area contributed by atoms with Gasteiger partial charge in [0, 0.05) is 12.0 Å². The molecule has 1 aliphatic carbocycles. The van der Waals surface area contributed by atoms with Gasteiger partial charge in [-0.25, -0.2) is 0 Å². The number of hydrogen-bond acceptors (Lipinski definition) is 4. The molecule has 2 aromatic heterocycles. The van der Waals surface area contributed by atoms with Crippen LogP contribution in [0.4, 0.5) is 18.9 Å². The number of amides is 1. The average molecular weight is 475 g/mol. The summed E-state index contributed by atoms with van der Waals surface area (Å²) in [7, 11) is 0. The Bertz CT molecular complexity index is 1220. The first-order chi connectivity index (χ1) is 15.8. The molecule has 1 atom stereocenters. The van der Waals surface area contributed by atoms with Gasteiger partial charge in [-0.1, -0.05) is 38.1 Å². The topological polar surface area (TPSA) is 73.0 Å². The highest BCUT2D eigenvalue weighted by Crippen LogP contribution is 2.38. The lowest BCUT2D eigenvalue weighted by atomic mass is 9.71. The van der Waals surface area contributed by atoms with Gasteiger partial charge in [-0.05, 0) is 55.7 Å². The molecule has 9 heteroatoms. The van der Waals surface area contributed by atoms with Crippen LogP contribution in [0.15, 0.2) is 28.8 Å². The summed E-state index contributed by atoms with van der Waals surface area (Å²) < 4.78 is 46.2. The minimum absolute atomic E-state index is 0.112. The van der Waals surface area contributed by atoms with Crippen LogP contribution in [-0.4, -0.2) is 20.8 Å². The van der Waals surface area contributed by atoms with Crippen LogP contribution in [0, 0.1) is 25.2 Å². The number of fused-ring (bicyclic) bond motifs is 1. The second kappa shape index (κ2) is 8.60. The van der Waals surface area contributed by atoms with Crippen LogP contribution in [0.25, 0.3) is 0 Å². The van der Waals surface area contributed by atoms with E-state index in [1.807, 2.05) is 0 Å². The van der Waals surface area contributed by atoms with Crippen molar-refractivity contribution in [1.29, 1.82) is 0 Å². The molecule has 1 aliphatic rings. The van der Waals surface area contributed by atoms with Gasteiger partial charge in [0.15, 0.2) is 5.69 Å². The zero-order valence-electron chi connectivity index (χ0n) is 20.0. The molecule has 2 heterocycles. The van der Waals surface area contributed by atoms with Crippen molar-refractivity contribution in [2.45, 2.75) is 66.6 Å². The fraction of sp³-hybridized carbons (Fsp3) is 0.480. The number of hydrogen-bond donors (Lipinski definition) is 1. The second-order valence-corrected chi connectivity index (χ2v) is 10.1. The van der Waals surface area contributed by atoms with E-state index in [0.717, 1.165) is 42.7 Å². The standard InChI is InChI=1S/C25H29F3N4O2/c1-14-21(15(2)32(30-14)13-16-7-6-8-18(11-16)25(26,27)28)29-23(33)22-19-12-17(24(3,4)5)9-10-20(19)34-31-22/h6-8,11,17H,9-10,12-13H2,1-5H3,(H,29,33). The van der Waals surface area contributed by atoms with Crippen molar-refractivity contribution < 1.29 is 22.5 Å². The molecule has 0 saturated heterocycles. The van der Waals surface area contributed by atoms with Gasteiger partial charge in [0.2, 0.25) is 0 Å². The monoisotopic (exact) mass is 474 g/mol. The Hall–Kier alpha value is -3.10. The Morgan fingerprint density at radius 3 is 2.65 bits per heavy atom. The van der Waals surface area contributed by atoms with Crippen molar-refractivity contribution in [2.24, 2.45) is 11.3 Å². The van der Waals surface area contributed by atoms with Crippen molar-refractivity contribution in [3.8, 4) is 0 Å². The summed E-state index contributed by atoms with van der Waals surface area (Å²) >= 11 is 0. The molecule has 0 fully saturated rings. The van der Waals surface area contributed by atoms with Crippen molar-refractivity contribution in [3.63, 3.8) is 0 Å². The van der Waals surface area contributed by atoms with Gasteiger partial charge in [-0.15, -0.1) is 0 Å². The van der Waals surface area contributed by atoms with E-state index < -0.39 is 11.7 Å². The molecule has 0 saturated carbocycles. The van der Waals surface area contributed by atoms with Crippen molar-refractivity contribution in [2.75, 3.05) is 5.32 Å². The van der Waals surface area contributed by atoms with Gasteiger partial charge in [0.1, 0.15) is 5.76 Å². The van der Waals surface area contributed by atoms with Gasteiger partial charge >= 0.3 is 6.18 Å². The third-order valence-electron chi connectivity index (χ3n) is 6.69. The summed E-state index contributed by atoms with van der Waals surface area (Å²) in [6, 6.07) is 5.16. The fourth-order valence-corrected chi connectivity index (χ4v) is 4.54. The first-order valence-corrected chi connectivity index (χ1v) is 11.3. The van der Waals surface area contributed by atoms with Crippen LogP contribution < -0.4 is 5.32 Å². The number of rotatable bonds is 4. The highest BCUT2D eigenvalue weighted by molar-refractivity contribution is 6.04. The Morgan fingerprint density at radius 1 is 1.24 bits per heavy atom. The van der Waals surface area contributed by atoms with Crippen LogP contribution in [-0.2, 0) is 25.6 Å². The van der Waals surface area contributed by atoms with E-state index in [9.17, 15) is 18.0 Å². The van der Waals surface area contributed by atoms with Gasteiger partial charge in [0.25, 0.3) is 5.91 Å². The third kappa shape index (κ3) is 4.74. The van der Waals surface area contributed by atoms with Gasteiger partial charge in [0.05, 0.1) is 29.2 Å². The number of alkyl halides is 3. The molecule has 1 aromatic carbocycles. The third-order valence-corrected chi connectivity index (χ3v) is 6.69. The molecule has 0 spiro atoms. The number of halogens is 3. The van der Waals surface area contributed by atoms with Crippen LogP contribution in [0.1, 0.15) is 71.5 Å². The van der Waals surface area contributed by atoms with E-state index in [-0.39, 0.29) is 23.6 Å². The van der Waals surface area contributed by atoms with Crippen LogP contribution in [0.5, 0.6) is 0 Å². The van der Waals surface area contributed by atoms with Crippen molar-refractivity contribution in [1.82, 2.24) is 14.9 Å². The van der Waals surface area contributed by atoms with Crippen molar-refractivity contribution >= 4 is 11.6 Å². The second-order valence-electron chi connectivity index (χ2n) is 10.1. The van der Waals surface area contributed by atoms with Gasteiger partial charge in [-0.2, -0.15) is 18.3 Å². The number of carbonyl (C=O) groups is 1. The van der Waals surface area contributed by atoms with E-state index in [0.29, 0.717) is 28.6 Å². The predicted molar refractivity (Wildman–Crippen MR) is 122 cm³/mol. The number of nitrogens with zero attached hydrogens (tertiary/aromatic N) is 3. The first-order valence-electron chi connectivity index (χ1n) is 11.3. The number of carbonyl (C=O) groups excluding carboxylic acids is 1. The SMILES string of the molecule is Cc1nn(Cc2cccc(C(F)(F)F)c2)c(C)c1NC(=O)c1noc2c1CC(C(C)(C)C)CC2. The molecular weight excluding hydrogens is 445 g/mol. The minimum Gasteiger partial charge on any atom is -0.360 e. The quantitative estimate of drug-likeness (QED) is 0.507. The Balaban J connectivity index is 1.55. The maximum absolute atomic E-state index is 13.1. The number of aromatic nitrogens is 3. The van der Waals surface area contributed by atoms with E-state index in [2.05, 4.69) is 36.3 Å². The number of benzene rings is 1. The first kappa shape index (κ1) is 24.0. The van der Waals surface area contributed by atoms with E-state index in [4.69, 9.17) is 4.52 Å². The minimum atomic E-state index is -4.41. The Labute approximate surface area is 196 Å². The molecule has 182 valence electrons. The van der Waals surface area contributed by atoms with Crippen LogP contribution >= 0.6 is 0 Å². The summed E-state index contributed by atoms with van der Waals surface area (Å²) in [4.78, 5) is 13.1. The molecule has 0 aliphatic heterocycles. The Kier molecular flexibility index (Phi) is 6.08. The molecule has 34 heavy (non-hydrogen) atoms. The molecule has 1 N–H and O–H groups in total. The zero-order chi connectivity index (χ0) is 24.8. The molecule has 1 unspecified atom stereocenters. The summed E-state index contributed by atoms with van der Waals surface area (Å²) in [6.07, 6.45) is -1.93. The lowest BCUT2D eigenvalue weighted by Crippen LogP contribution is -2.27. The summed E-state index contributed by atoms with van der Waals surface area (Å²) in [6.45, 7) is 10.3. The number of anilines is 1. The van der Waals surface area contributed by atoms with Crippen LogP contribution in [0.3, 0.4) is 0 Å². The molecule has 6 nitrogen and oxygen atoms in total. The highest BCUT2D eigenvalue weighted by Gasteiger charge is 2.34. The lowest BCUT2D eigenvalue weighted by Gasteiger charge is -2.33. The summed E-state index contributed by atoms with van der Waals surface area (Å²) in [5.74, 6) is 0.813. The summed E-state index contributed by atoms with van der Waals surface area (Å²) in [5, 5.41) is 11.4. The maximum Gasteiger partial charge on any atom is 0.416 e. The fourth-order valence-electron chi connectivity index (χ4n) is 4.54. The molecule has 0 bridgehead atoms. The molecule has 1 amide bonds. The maximum atomic E-state index is 13.1. The normalized spacial score (nSPS) is 16.4. The highest BCUT2D eigenvalue weighted by atomic mass is 19.4. The summed E-state index contributed by atoms with van der Waals surface area (Å²) in [5.41, 5.74) is 2.76.